The number of nitrogens with one attached hydrogen (secondary N) is 1. The Morgan fingerprint density at radius 1 is 1.25 bits per heavy atom. The number of hydrogen-bond acceptors (Lipinski definition) is 5. The van der Waals surface area contributed by atoms with Gasteiger partial charge < -0.3 is 19.5 Å². The van der Waals surface area contributed by atoms with Gasteiger partial charge in [-0.05, 0) is 54.8 Å². The van der Waals surface area contributed by atoms with Gasteiger partial charge in [0.2, 0.25) is 0 Å². The molecule has 0 aromatic heterocycles. The highest BCUT2D eigenvalue weighted by Gasteiger charge is 2.30. The molecule has 1 aliphatic heterocycles. The van der Waals surface area contributed by atoms with Crippen molar-refractivity contribution in [2.75, 3.05) is 13.7 Å². The maximum Gasteiger partial charge on any atom is 0.313 e. The molecule has 0 aliphatic carbocycles. The first-order valence-electron chi connectivity index (χ1n) is 8.98. The molecule has 0 radical (unpaired) electrons. The van der Waals surface area contributed by atoms with Gasteiger partial charge in [-0.15, -0.1) is 0 Å². The van der Waals surface area contributed by atoms with Crippen LogP contribution in [0.15, 0.2) is 42.5 Å². The van der Waals surface area contributed by atoms with Crippen LogP contribution >= 0.6 is 11.6 Å². The van der Waals surface area contributed by atoms with Crippen LogP contribution in [-0.4, -0.2) is 31.7 Å². The van der Waals surface area contributed by atoms with Crippen LogP contribution in [0.4, 0.5) is 0 Å². The third-order valence-electron chi connectivity index (χ3n) is 4.55. The Bertz CT molecular complexity index is 852. The number of hydrogen-bond donors (Lipinski definition) is 1. The summed E-state index contributed by atoms with van der Waals surface area (Å²) in [5.74, 6) is 0.179. The highest BCUT2D eigenvalue weighted by molar-refractivity contribution is 6.30. The highest BCUT2D eigenvalue weighted by atomic mass is 35.5. The number of esters is 1. The van der Waals surface area contributed by atoms with Crippen molar-refractivity contribution < 1.29 is 23.8 Å². The maximum absolute atomic E-state index is 12.4. The third kappa shape index (κ3) is 4.95. The number of benzene rings is 2. The lowest BCUT2D eigenvalue weighted by Gasteiger charge is -2.25. The summed E-state index contributed by atoms with van der Waals surface area (Å²) in [7, 11) is 1.59. The molecule has 1 heterocycles. The predicted octanol–water partition coefficient (Wildman–Crippen LogP) is 3.15. The number of carbonyl (C=O) groups is 2. The average molecular weight is 404 g/mol. The van der Waals surface area contributed by atoms with E-state index in [4.69, 9.17) is 25.8 Å². The number of amides is 1. The first-order chi connectivity index (χ1) is 13.5. The fourth-order valence-electron chi connectivity index (χ4n) is 2.91. The molecule has 148 valence electrons. The number of rotatable bonds is 6. The smallest absolute Gasteiger partial charge is 0.313 e. The minimum absolute atomic E-state index is 0.216. The van der Waals surface area contributed by atoms with Crippen molar-refractivity contribution in [2.24, 2.45) is 5.92 Å². The fourth-order valence-corrected chi connectivity index (χ4v) is 3.11. The lowest BCUT2D eigenvalue weighted by Crippen LogP contribution is -2.38. The van der Waals surface area contributed by atoms with Crippen LogP contribution in [0.2, 0.25) is 5.02 Å². The van der Waals surface area contributed by atoms with Crippen molar-refractivity contribution in [1.82, 2.24) is 5.32 Å². The first kappa shape index (κ1) is 20.0. The summed E-state index contributed by atoms with van der Waals surface area (Å²) in [6.07, 6.45) is -0.430. The monoisotopic (exact) mass is 403 g/mol. The lowest BCUT2D eigenvalue weighted by molar-refractivity contribution is -0.160. The second-order valence-electron chi connectivity index (χ2n) is 6.61. The van der Waals surface area contributed by atoms with Gasteiger partial charge >= 0.3 is 5.97 Å². The van der Waals surface area contributed by atoms with E-state index in [0.29, 0.717) is 18.0 Å². The molecule has 1 amide bonds. The van der Waals surface area contributed by atoms with E-state index in [2.05, 4.69) is 5.32 Å². The van der Waals surface area contributed by atoms with Gasteiger partial charge in [-0.25, -0.2) is 0 Å². The Morgan fingerprint density at radius 3 is 2.71 bits per heavy atom. The van der Waals surface area contributed by atoms with Gasteiger partial charge in [0.1, 0.15) is 18.1 Å². The Kier molecular flexibility index (Phi) is 6.41. The molecule has 3 rings (SSSR count). The number of halogens is 1. The van der Waals surface area contributed by atoms with Crippen LogP contribution in [0, 0.1) is 5.92 Å². The molecule has 0 unspecified atom stereocenters. The van der Waals surface area contributed by atoms with Gasteiger partial charge in [0.15, 0.2) is 6.10 Å². The summed E-state index contributed by atoms with van der Waals surface area (Å²) < 4.78 is 16.0. The molecule has 6 nitrogen and oxygen atoms in total. The molecule has 1 aliphatic rings. The molecule has 1 N–H and O–H groups in total. The van der Waals surface area contributed by atoms with E-state index >= 15 is 0 Å². The molecule has 28 heavy (non-hydrogen) atoms. The van der Waals surface area contributed by atoms with Crippen LogP contribution in [0.1, 0.15) is 18.1 Å². The molecule has 7 heteroatoms. The van der Waals surface area contributed by atoms with Gasteiger partial charge in [0.25, 0.3) is 5.91 Å². The van der Waals surface area contributed by atoms with Crippen molar-refractivity contribution >= 4 is 23.5 Å². The molecule has 0 spiro atoms. The molecule has 0 fully saturated rings. The summed E-state index contributed by atoms with van der Waals surface area (Å²) in [4.78, 5) is 24.7. The van der Waals surface area contributed by atoms with E-state index in [1.807, 2.05) is 24.3 Å². The molecular formula is C21H22ClNO5. The van der Waals surface area contributed by atoms with Crippen LogP contribution in [0.3, 0.4) is 0 Å². The van der Waals surface area contributed by atoms with Crippen LogP contribution in [-0.2, 0) is 27.3 Å². The van der Waals surface area contributed by atoms with Gasteiger partial charge in [-0.3, -0.25) is 9.59 Å². The van der Waals surface area contributed by atoms with Crippen LogP contribution in [0.25, 0.3) is 0 Å². The summed E-state index contributed by atoms with van der Waals surface area (Å²) in [5.41, 5.74) is 1.78. The van der Waals surface area contributed by atoms with Gasteiger partial charge in [-0.2, -0.15) is 0 Å². The molecule has 0 bridgehead atoms. The fraction of sp³-hybridized carbons (Fsp3) is 0.333. The average Bonchev–Trinajstić information content (AvgIpc) is 2.71. The molecular weight excluding hydrogens is 382 g/mol. The second kappa shape index (κ2) is 8.97. The Hall–Kier alpha value is -2.73. The van der Waals surface area contributed by atoms with Crippen molar-refractivity contribution in [3.05, 3.63) is 58.6 Å². The van der Waals surface area contributed by atoms with E-state index in [-0.39, 0.29) is 12.5 Å². The van der Waals surface area contributed by atoms with E-state index < -0.39 is 18.0 Å². The zero-order chi connectivity index (χ0) is 20.1. The molecule has 2 aromatic carbocycles. The zero-order valence-electron chi connectivity index (χ0n) is 15.7. The van der Waals surface area contributed by atoms with Crippen LogP contribution < -0.4 is 14.8 Å². The zero-order valence-corrected chi connectivity index (χ0v) is 16.5. The summed E-state index contributed by atoms with van der Waals surface area (Å²) >= 11 is 6.00. The Morgan fingerprint density at radius 2 is 2.00 bits per heavy atom. The quantitative estimate of drug-likeness (QED) is 0.750. The van der Waals surface area contributed by atoms with Gasteiger partial charge in [-0.1, -0.05) is 23.7 Å². The lowest BCUT2D eigenvalue weighted by atomic mass is 9.97. The standard InChI is InChI=1S/C21H22ClNO5/c1-13(20(24)23-11-14-3-6-18(26-2)7-4-14)28-21(25)16-9-15-10-17(22)5-8-19(15)27-12-16/h3-8,10,13,16H,9,11-12H2,1-2H3,(H,23,24)/t13-,16-/m1/s1. The number of ether oxygens (including phenoxy) is 3. The SMILES string of the molecule is COc1ccc(CNC(=O)[C@@H](C)OC(=O)[C@H]2COc3ccc(Cl)cc3C2)cc1. The summed E-state index contributed by atoms with van der Waals surface area (Å²) in [5, 5.41) is 3.35. The van der Waals surface area contributed by atoms with E-state index in [1.165, 1.54) is 0 Å². The first-order valence-corrected chi connectivity index (χ1v) is 9.36. The molecule has 2 atom stereocenters. The van der Waals surface area contributed by atoms with E-state index in [1.54, 1.807) is 32.2 Å². The Balaban J connectivity index is 1.50. The highest BCUT2D eigenvalue weighted by Crippen LogP contribution is 2.30. The van der Waals surface area contributed by atoms with Crippen molar-refractivity contribution in [3.63, 3.8) is 0 Å². The van der Waals surface area contributed by atoms with Crippen molar-refractivity contribution in [3.8, 4) is 11.5 Å². The van der Waals surface area contributed by atoms with Crippen molar-refractivity contribution in [1.29, 1.82) is 0 Å². The number of methoxy groups -OCH3 is 1. The largest absolute Gasteiger partial charge is 0.497 e. The summed E-state index contributed by atoms with van der Waals surface area (Å²) in [6, 6.07) is 12.7. The Labute approximate surface area is 168 Å². The second-order valence-corrected chi connectivity index (χ2v) is 7.05. The molecule has 2 aromatic rings. The maximum atomic E-state index is 12.4. The minimum Gasteiger partial charge on any atom is -0.497 e. The normalized spacial score (nSPS) is 16.3. The van der Waals surface area contributed by atoms with E-state index in [0.717, 1.165) is 22.6 Å². The minimum atomic E-state index is -0.897. The van der Waals surface area contributed by atoms with Gasteiger partial charge in [0, 0.05) is 11.6 Å². The summed E-state index contributed by atoms with van der Waals surface area (Å²) in [6.45, 7) is 2.10. The van der Waals surface area contributed by atoms with Crippen LogP contribution in [0.5, 0.6) is 11.5 Å². The van der Waals surface area contributed by atoms with Gasteiger partial charge in [0.05, 0.1) is 13.0 Å². The van der Waals surface area contributed by atoms with E-state index in [9.17, 15) is 9.59 Å². The van der Waals surface area contributed by atoms with Crippen molar-refractivity contribution in [2.45, 2.75) is 26.0 Å². The predicted molar refractivity (Wildman–Crippen MR) is 105 cm³/mol. The number of fused-ring (bicyclic) bond motifs is 1. The number of carbonyl (C=O) groups excluding carboxylic acids is 2. The third-order valence-corrected chi connectivity index (χ3v) is 4.79. The molecule has 0 saturated heterocycles. The molecule has 0 saturated carbocycles. The topological polar surface area (TPSA) is 73.9 Å².